The van der Waals surface area contributed by atoms with Gasteiger partial charge >= 0.3 is 0 Å². The summed E-state index contributed by atoms with van der Waals surface area (Å²) in [6.45, 7) is 2.16. The summed E-state index contributed by atoms with van der Waals surface area (Å²) in [5, 5.41) is 8.74. The second kappa shape index (κ2) is 4.63. The van der Waals surface area contributed by atoms with Gasteiger partial charge in [-0.15, -0.1) is 0 Å². The summed E-state index contributed by atoms with van der Waals surface area (Å²) in [4.78, 5) is 1.90. The van der Waals surface area contributed by atoms with Crippen LogP contribution in [0.2, 0.25) is 0 Å². The highest BCUT2D eigenvalue weighted by Gasteiger charge is 2.12. The third-order valence-electron chi connectivity index (χ3n) is 1.38. The Labute approximate surface area is 61.6 Å². The minimum atomic E-state index is -1.08. The molecule has 2 atom stereocenters. The van der Waals surface area contributed by atoms with E-state index in [1.54, 1.807) is 0 Å². The van der Waals surface area contributed by atoms with Crippen molar-refractivity contribution < 1.29 is 9.50 Å². The zero-order valence-electron chi connectivity index (χ0n) is 6.84. The van der Waals surface area contributed by atoms with Crippen molar-refractivity contribution in [2.75, 3.05) is 20.6 Å². The number of hydrogen-bond donors (Lipinski definition) is 1. The van der Waals surface area contributed by atoms with Crippen molar-refractivity contribution in [2.24, 2.45) is 0 Å². The van der Waals surface area contributed by atoms with Crippen molar-refractivity contribution in [3.05, 3.63) is 0 Å². The lowest BCUT2D eigenvalue weighted by molar-refractivity contribution is 0.0828. The Kier molecular flexibility index (Phi) is 4.56. The highest BCUT2D eigenvalue weighted by Crippen LogP contribution is 2.03. The molecule has 1 N–H and O–H groups in total. The molecule has 62 valence electrons. The fourth-order valence-electron chi connectivity index (χ4n) is 0.623. The maximum atomic E-state index is 12.6. The van der Waals surface area contributed by atoms with Crippen molar-refractivity contribution in [3.8, 4) is 0 Å². The van der Waals surface area contributed by atoms with E-state index in [9.17, 15) is 4.39 Å². The minimum absolute atomic E-state index is 0.407. The van der Waals surface area contributed by atoms with Gasteiger partial charge < -0.3 is 10.0 Å². The van der Waals surface area contributed by atoms with Crippen LogP contribution in [0.5, 0.6) is 0 Å². The second-order valence-electron chi connectivity index (χ2n) is 2.85. The van der Waals surface area contributed by atoms with E-state index in [0.29, 0.717) is 13.0 Å². The first-order chi connectivity index (χ1) is 4.54. The molecule has 0 fully saturated rings. The van der Waals surface area contributed by atoms with Gasteiger partial charge in [-0.3, -0.25) is 0 Å². The van der Waals surface area contributed by atoms with Gasteiger partial charge in [0.15, 0.2) is 0 Å². The molecule has 0 aliphatic carbocycles. The molecule has 0 radical (unpaired) electrons. The topological polar surface area (TPSA) is 23.5 Å². The standard InChI is InChI=1S/C7H16FNO/c1-6(10)7(8)4-5-9(2)3/h6-7,10H,4-5H2,1-3H3/t6?,7-/m0/s1. The fourth-order valence-corrected chi connectivity index (χ4v) is 0.623. The maximum absolute atomic E-state index is 12.6. The Hall–Kier alpha value is -0.150. The SMILES string of the molecule is CC(O)[C@@H](F)CCN(C)C. The number of hydrogen-bond acceptors (Lipinski definition) is 2. The first-order valence-electron chi connectivity index (χ1n) is 3.51. The van der Waals surface area contributed by atoms with Gasteiger partial charge in [0.2, 0.25) is 0 Å². The van der Waals surface area contributed by atoms with E-state index in [-0.39, 0.29) is 0 Å². The normalized spacial score (nSPS) is 17.4. The van der Waals surface area contributed by atoms with E-state index in [1.807, 2.05) is 19.0 Å². The quantitative estimate of drug-likeness (QED) is 0.634. The molecule has 0 saturated carbocycles. The summed E-state index contributed by atoms with van der Waals surface area (Å²) < 4.78 is 12.6. The molecule has 0 aromatic rings. The van der Waals surface area contributed by atoms with Crippen LogP contribution in [0.4, 0.5) is 4.39 Å². The van der Waals surface area contributed by atoms with Crippen LogP contribution in [0, 0.1) is 0 Å². The van der Waals surface area contributed by atoms with Gasteiger partial charge in [-0.2, -0.15) is 0 Å². The van der Waals surface area contributed by atoms with Crippen LogP contribution in [0.25, 0.3) is 0 Å². The predicted molar refractivity (Wildman–Crippen MR) is 39.7 cm³/mol. The average Bonchev–Trinajstić information content (AvgIpc) is 1.82. The largest absolute Gasteiger partial charge is 0.390 e. The predicted octanol–water partition coefficient (Wildman–Crippen LogP) is 0.657. The first kappa shape index (κ1) is 9.85. The Balaban J connectivity index is 3.30. The molecule has 0 bridgehead atoms. The minimum Gasteiger partial charge on any atom is -0.390 e. The number of aliphatic hydroxyl groups excluding tert-OH is 1. The van der Waals surface area contributed by atoms with E-state index < -0.39 is 12.3 Å². The van der Waals surface area contributed by atoms with E-state index in [0.717, 1.165) is 0 Å². The summed E-state index contributed by atoms with van der Waals surface area (Å²) >= 11 is 0. The van der Waals surface area contributed by atoms with E-state index in [2.05, 4.69) is 0 Å². The molecule has 0 spiro atoms. The van der Waals surface area contributed by atoms with Crippen LogP contribution in [0.15, 0.2) is 0 Å². The van der Waals surface area contributed by atoms with Gasteiger partial charge in [0.05, 0.1) is 6.10 Å². The maximum Gasteiger partial charge on any atom is 0.127 e. The molecule has 0 saturated heterocycles. The fraction of sp³-hybridized carbons (Fsp3) is 1.00. The van der Waals surface area contributed by atoms with Gasteiger partial charge in [0.1, 0.15) is 6.17 Å². The zero-order chi connectivity index (χ0) is 8.15. The van der Waals surface area contributed by atoms with Gasteiger partial charge in [-0.1, -0.05) is 0 Å². The number of alkyl halides is 1. The molecule has 0 aromatic carbocycles. The lowest BCUT2D eigenvalue weighted by Crippen LogP contribution is -2.24. The van der Waals surface area contributed by atoms with E-state index in [4.69, 9.17) is 5.11 Å². The van der Waals surface area contributed by atoms with Crippen LogP contribution in [0.3, 0.4) is 0 Å². The van der Waals surface area contributed by atoms with Crippen molar-refractivity contribution in [2.45, 2.75) is 25.6 Å². The smallest absolute Gasteiger partial charge is 0.127 e. The number of nitrogens with zero attached hydrogens (tertiary/aromatic N) is 1. The molecule has 1 unspecified atom stereocenters. The molecule has 0 heterocycles. The third kappa shape index (κ3) is 4.70. The van der Waals surface area contributed by atoms with Gasteiger partial charge in [0, 0.05) is 6.54 Å². The Bertz CT molecular complexity index is 85.7. The van der Waals surface area contributed by atoms with E-state index in [1.165, 1.54) is 6.92 Å². The highest BCUT2D eigenvalue weighted by atomic mass is 19.1. The Morgan fingerprint density at radius 1 is 1.50 bits per heavy atom. The molecule has 2 nitrogen and oxygen atoms in total. The van der Waals surface area contributed by atoms with Crippen LogP contribution in [0.1, 0.15) is 13.3 Å². The molecule has 0 amide bonds. The second-order valence-corrected chi connectivity index (χ2v) is 2.85. The van der Waals surface area contributed by atoms with Gasteiger partial charge in [0.25, 0.3) is 0 Å². The lowest BCUT2D eigenvalue weighted by Gasteiger charge is -2.14. The molecule has 0 rings (SSSR count). The van der Waals surface area contributed by atoms with Crippen molar-refractivity contribution >= 4 is 0 Å². The van der Waals surface area contributed by atoms with Crippen LogP contribution in [-0.4, -0.2) is 42.9 Å². The van der Waals surface area contributed by atoms with Crippen molar-refractivity contribution in [3.63, 3.8) is 0 Å². The summed E-state index contributed by atoms with van der Waals surface area (Å²) in [5.41, 5.74) is 0. The van der Waals surface area contributed by atoms with Gasteiger partial charge in [-0.05, 0) is 27.4 Å². The average molecular weight is 149 g/mol. The van der Waals surface area contributed by atoms with Crippen LogP contribution >= 0.6 is 0 Å². The first-order valence-corrected chi connectivity index (χ1v) is 3.51. The lowest BCUT2D eigenvalue weighted by atomic mass is 10.2. The molecular formula is C7H16FNO. The molecule has 3 heteroatoms. The Morgan fingerprint density at radius 2 is 2.00 bits per heavy atom. The van der Waals surface area contributed by atoms with Gasteiger partial charge in [-0.25, -0.2) is 4.39 Å². The molecule has 0 aliphatic rings. The zero-order valence-corrected chi connectivity index (χ0v) is 6.84. The summed E-state index contributed by atoms with van der Waals surface area (Å²) in [5.74, 6) is 0. The highest BCUT2D eigenvalue weighted by molar-refractivity contribution is 4.63. The number of aliphatic hydroxyl groups is 1. The van der Waals surface area contributed by atoms with Crippen LogP contribution in [-0.2, 0) is 0 Å². The molecule has 10 heavy (non-hydrogen) atoms. The van der Waals surface area contributed by atoms with E-state index >= 15 is 0 Å². The monoisotopic (exact) mass is 149 g/mol. The molecule has 0 aliphatic heterocycles. The van der Waals surface area contributed by atoms with Crippen molar-refractivity contribution in [1.82, 2.24) is 4.90 Å². The summed E-state index contributed by atoms with van der Waals surface area (Å²) in [6.07, 6.45) is -1.51. The summed E-state index contributed by atoms with van der Waals surface area (Å²) in [7, 11) is 3.77. The van der Waals surface area contributed by atoms with Crippen molar-refractivity contribution in [1.29, 1.82) is 0 Å². The third-order valence-corrected chi connectivity index (χ3v) is 1.38. The molecular weight excluding hydrogens is 133 g/mol. The molecule has 0 aromatic heterocycles. The Morgan fingerprint density at radius 3 is 2.30 bits per heavy atom. The number of halogens is 1. The number of rotatable bonds is 4. The summed E-state index contributed by atoms with van der Waals surface area (Å²) in [6, 6.07) is 0. The van der Waals surface area contributed by atoms with Crippen LogP contribution < -0.4 is 0 Å².